The third-order valence-corrected chi connectivity index (χ3v) is 8.04. The van der Waals surface area contributed by atoms with Crippen molar-refractivity contribution < 1.29 is 18.0 Å². The molecule has 7 nitrogen and oxygen atoms in total. The Morgan fingerprint density at radius 3 is 2.29 bits per heavy atom. The Hall–Kier alpha value is -3.36. The van der Waals surface area contributed by atoms with Gasteiger partial charge in [-0.1, -0.05) is 17.7 Å². The number of anilines is 3. The van der Waals surface area contributed by atoms with Crippen molar-refractivity contribution in [2.45, 2.75) is 31.6 Å². The molecule has 3 aromatic carbocycles. The molecule has 1 aliphatic heterocycles. The molecule has 0 aromatic heterocycles. The SMILES string of the molecule is Cc1ccc(N(CC(=O)Nc2ccc(N3CCCC3=O)cc2)S(=O)(=O)c2ccc(Cl)cc2)cc1C. The van der Waals surface area contributed by atoms with Gasteiger partial charge in [-0.25, -0.2) is 8.42 Å². The second-order valence-corrected chi connectivity index (χ2v) is 10.8. The van der Waals surface area contributed by atoms with Crippen LogP contribution in [-0.4, -0.2) is 33.3 Å². The summed E-state index contributed by atoms with van der Waals surface area (Å²) in [7, 11) is -4.04. The Labute approximate surface area is 210 Å². The Morgan fingerprint density at radius 1 is 1.00 bits per heavy atom. The first-order valence-corrected chi connectivity index (χ1v) is 13.0. The maximum absolute atomic E-state index is 13.5. The minimum atomic E-state index is -4.04. The van der Waals surface area contributed by atoms with Crippen molar-refractivity contribution in [3.8, 4) is 0 Å². The number of amides is 2. The van der Waals surface area contributed by atoms with E-state index in [-0.39, 0.29) is 10.8 Å². The molecule has 1 N–H and O–H groups in total. The zero-order valence-corrected chi connectivity index (χ0v) is 21.1. The number of nitrogens with zero attached hydrogens (tertiary/aromatic N) is 2. The summed E-state index contributed by atoms with van der Waals surface area (Å²) in [4.78, 5) is 26.7. The van der Waals surface area contributed by atoms with Crippen LogP contribution in [0.2, 0.25) is 5.02 Å². The van der Waals surface area contributed by atoms with Crippen molar-refractivity contribution in [2.75, 3.05) is 27.6 Å². The molecule has 35 heavy (non-hydrogen) atoms. The van der Waals surface area contributed by atoms with Crippen LogP contribution in [-0.2, 0) is 19.6 Å². The average Bonchev–Trinajstić information content (AvgIpc) is 3.26. The van der Waals surface area contributed by atoms with E-state index in [2.05, 4.69) is 5.32 Å². The fourth-order valence-electron chi connectivity index (χ4n) is 3.91. The molecule has 2 amide bonds. The normalized spacial score (nSPS) is 13.7. The highest BCUT2D eigenvalue weighted by Gasteiger charge is 2.28. The smallest absolute Gasteiger partial charge is 0.264 e. The van der Waals surface area contributed by atoms with Crippen molar-refractivity contribution in [3.05, 3.63) is 82.9 Å². The van der Waals surface area contributed by atoms with Crippen molar-refractivity contribution in [1.29, 1.82) is 0 Å². The summed E-state index contributed by atoms with van der Waals surface area (Å²) in [5.41, 5.74) is 3.59. The Kier molecular flexibility index (Phi) is 7.14. The van der Waals surface area contributed by atoms with E-state index in [0.29, 0.717) is 29.4 Å². The lowest BCUT2D eigenvalue weighted by molar-refractivity contribution is -0.117. The molecule has 0 radical (unpaired) electrons. The third-order valence-electron chi connectivity index (χ3n) is 6.00. The van der Waals surface area contributed by atoms with Crippen LogP contribution < -0.4 is 14.5 Å². The molecule has 0 unspecified atom stereocenters. The molecule has 0 bridgehead atoms. The third kappa shape index (κ3) is 5.49. The highest BCUT2D eigenvalue weighted by Crippen LogP contribution is 2.27. The monoisotopic (exact) mass is 511 g/mol. The van der Waals surface area contributed by atoms with E-state index >= 15 is 0 Å². The maximum atomic E-state index is 13.5. The van der Waals surface area contributed by atoms with Gasteiger partial charge in [-0.2, -0.15) is 0 Å². The Bertz CT molecular complexity index is 1360. The molecule has 0 aliphatic carbocycles. The van der Waals surface area contributed by atoms with Crippen LogP contribution >= 0.6 is 11.6 Å². The van der Waals surface area contributed by atoms with Crippen LogP contribution in [0.15, 0.2) is 71.6 Å². The molecule has 9 heteroatoms. The zero-order valence-electron chi connectivity index (χ0n) is 19.5. The van der Waals surface area contributed by atoms with Gasteiger partial charge in [-0.15, -0.1) is 0 Å². The van der Waals surface area contributed by atoms with Crippen LogP contribution in [0, 0.1) is 13.8 Å². The Balaban J connectivity index is 1.58. The molecule has 182 valence electrons. The van der Waals surface area contributed by atoms with Crippen LogP contribution in [0.3, 0.4) is 0 Å². The summed E-state index contributed by atoms with van der Waals surface area (Å²) in [6.07, 6.45) is 1.36. The highest BCUT2D eigenvalue weighted by molar-refractivity contribution is 7.92. The van der Waals surface area contributed by atoms with Gasteiger partial charge in [0.2, 0.25) is 11.8 Å². The second-order valence-electron chi connectivity index (χ2n) is 8.48. The molecule has 3 aromatic rings. The molecule has 1 fully saturated rings. The molecule has 1 saturated heterocycles. The fourth-order valence-corrected chi connectivity index (χ4v) is 5.45. The number of aryl methyl sites for hydroxylation is 2. The highest BCUT2D eigenvalue weighted by atomic mass is 35.5. The van der Waals surface area contributed by atoms with Gasteiger partial charge >= 0.3 is 0 Å². The van der Waals surface area contributed by atoms with Gasteiger partial charge in [0.15, 0.2) is 0 Å². The van der Waals surface area contributed by atoms with Gasteiger partial charge < -0.3 is 10.2 Å². The van der Waals surface area contributed by atoms with Gasteiger partial charge in [0.25, 0.3) is 10.0 Å². The minimum Gasteiger partial charge on any atom is -0.325 e. The summed E-state index contributed by atoms with van der Waals surface area (Å²) >= 11 is 5.94. The number of carbonyl (C=O) groups is 2. The number of rotatable bonds is 7. The second kappa shape index (κ2) is 10.1. The van der Waals surface area contributed by atoms with Crippen LogP contribution in [0.1, 0.15) is 24.0 Å². The number of hydrogen-bond acceptors (Lipinski definition) is 4. The predicted molar refractivity (Wildman–Crippen MR) is 139 cm³/mol. The van der Waals surface area contributed by atoms with Crippen molar-refractivity contribution in [1.82, 2.24) is 0 Å². The van der Waals surface area contributed by atoms with E-state index in [1.807, 2.05) is 19.9 Å². The van der Waals surface area contributed by atoms with Gasteiger partial charge in [0, 0.05) is 29.4 Å². The molecule has 4 rings (SSSR count). The first-order chi connectivity index (χ1) is 16.6. The van der Waals surface area contributed by atoms with E-state index in [0.717, 1.165) is 27.5 Å². The number of sulfonamides is 1. The van der Waals surface area contributed by atoms with E-state index in [1.165, 1.54) is 24.3 Å². The minimum absolute atomic E-state index is 0.0348. The van der Waals surface area contributed by atoms with E-state index in [9.17, 15) is 18.0 Å². The molecule has 0 atom stereocenters. The average molecular weight is 512 g/mol. The molecule has 0 saturated carbocycles. The quantitative estimate of drug-likeness (QED) is 0.488. The standard InChI is InChI=1S/C26H26ClN3O4S/c1-18-5-10-23(16-19(18)2)30(35(33,34)24-13-6-20(27)7-14-24)17-25(31)28-21-8-11-22(12-9-21)29-15-3-4-26(29)32/h5-14,16H,3-4,15,17H2,1-2H3,(H,28,31). The number of benzene rings is 3. The molecular formula is C26H26ClN3O4S. The number of halogens is 1. The molecule has 1 aliphatic rings. The van der Waals surface area contributed by atoms with Crippen molar-refractivity contribution in [2.24, 2.45) is 0 Å². The first kappa shape index (κ1) is 24.8. The lowest BCUT2D eigenvalue weighted by Crippen LogP contribution is -2.38. The molecular weight excluding hydrogens is 486 g/mol. The van der Waals surface area contributed by atoms with Crippen molar-refractivity contribution in [3.63, 3.8) is 0 Å². The summed E-state index contributed by atoms with van der Waals surface area (Å²) in [5, 5.41) is 3.18. The topological polar surface area (TPSA) is 86.8 Å². The zero-order chi connectivity index (χ0) is 25.2. The van der Waals surface area contributed by atoms with Crippen LogP contribution in [0.4, 0.5) is 17.1 Å². The van der Waals surface area contributed by atoms with Crippen LogP contribution in [0.5, 0.6) is 0 Å². The lowest BCUT2D eigenvalue weighted by Gasteiger charge is -2.25. The predicted octanol–water partition coefficient (Wildman–Crippen LogP) is 4.92. The lowest BCUT2D eigenvalue weighted by atomic mass is 10.1. The van der Waals surface area contributed by atoms with Gasteiger partial charge in [0.1, 0.15) is 6.54 Å². The van der Waals surface area contributed by atoms with E-state index < -0.39 is 22.5 Å². The summed E-state index contributed by atoms with van der Waals surface area (Å²) in [5.74, 6) is -0.413. The number of carbonyl (C=O) groups excluding carboxylic acids is 2. The number of hydrogen-bond donors (Lipinski definition) is 1. The maximum Gasteiger partial charge on any atom is 0.264 e. The Morgan fingerprint density at radius 2 is 1.69 bits per heavy atom. The van der Waals surface area contributed by atoms with Gasteiger partial charge in [-0.05, 0) is 92.1 Å². The van der Waals surface area contributed by atoms with Crippen molar-refractivity contribution >= 4 is 50.5 Å². The summed E-state index contributed by atoms with van der Waals surface area (Å²) < 4.78 is 28.1. The van der Waals surface area contributed by atoms with Crippen LogP contribution in [0.25, 0.3) is 0 Å². The molecule has 1 heterocycles. The summed E-state index contributed by atoms with van der Waals surface area (Å²) in [6.45, 7) is 4.08. The molecule has 0 spiro atoms. The van der Waals surface area contributed by atoms with E-state index in [4.69, 9.17) is 11.6 Å². The fraction of sp³-hybridized carbons (Fsp3) is 0.231. The number of nitrogens with one attached hydrogen (secondary N) is 1. The first-order valence-electron chi connectivity index (χ1n) is 11.2. The van der Waals surface area contributed by atoms with Gasteiger partial charge in [-0.3, -0.25) is 13.9 Å². The van der Waals surface area contributed by atoms with Gasteiger partial charge in [0.05, 0.1) is 10.6 Å². The largest absolute Gasteiger partial charge is 0.325 e. The van der Waals surface area contributed by atoms with E-state index in [1.54, 1.807) is 41.3 Å². The summed E-state index contributed by atoms with van der Waals surface area (Å²) in [6, 6.07) is 18.0.